The molecule has 0 atom stereocenters. The van der Waals surface area contributed by atoms with Crippen LogP contribution < -0.4 is 10.2 Å². The number of carbonyl (C=O) groups excluding carboxylic acids is 2. The highest BCUT2D eigenvalue weighted by Gasteiger charge is 2.42. The maximum absolute atomic E-state index is 12.0. The normalized spacial score (nSPS) is 18.1. The van der Waals surface area contributed by atoms with Crippen molar-refractivity contribution in [2.45, 2.75) is 39.7 Å². The number of nitrogens with zero attached hydrogens (tertiary/aromatic N) is 3. The minimum Gasteiger partial charge on any atom is -0.333 e. The molecule has 2 rings (SSSR count). The van der Waals surface area contributed by atoms with Gasteiger partial charge in [-0.1, -0.05) is 18.5 Å². The van der Waals surface area contributed by atoms with Gasteiger partial charge in [0.1, 0.15) is 22.3 Å². The number of carbonyl (C=O) groups is 2. The predicted molar refractivity (Wildman–Crippen MR) is 75.7 cm³/mol. The first-order chi connectivity index (χ1) is 9.27. The summed E-state index contributed by atoms with van der Waals surface area (Å²) in [6, 6.07) is 0. The van der Waals surface area contributed by atoms with Crippen molar-refractivity contribution in [3.63, 3.8) is 0 Å². The molecule has 1 aliphatic heterocycles. The van der Waals surface area contributed by atoms with Gasteiger partial charge < -0.3 is 4.90 Å². The van der Waals surface area contributed by atoms with Crippen molar-refractivity contribution in [3.05, 3.63) is 16.5 Å². The van der Waals surface area contributed by atoms with Crippen molar-refractivity contribution in [1.82, 2.24) is 15.3 Å². The third-order valence-corrected chi connectivity index (χ3v) is 3.83. The van der Waals surface area contributed by atoms with Gasteiger partial charge in [-0.05, 0) is 20.8 Å². The number of hydrogen-bond donors (Lipinski definition) is 1. The van der Waals surface area contributed by atoms with Crippen LogP contribution in [0.5, 0.6) is 0 Å². The molecule has 1 aliphatic rings. The van der Waals surface area contributed by atoms with Crippen LogP contribution in [0.3, 0.4) is 0 Å². The monoisotopic (exact) mass is 296 g/mol. The fourth-order valence-corrected chi connectivity index (χ4v) is 2.25. The molecule has 108 valence electrons. The van der Waals surface area contributed by atoms with Gasteiger partial charge >= 0.3 is 0 Å². The van der Waals surface area contributed by atoms with Gasteiger partial charge in [-0.25, -0.2) is 9.97 Å². The molecule has 2 heterocycles. The lowest BCUT2D eigenvalue weighted by Crippen LogP contribution is -2.64. The van der Waals surface area contributed by atoms with E-state index >= 15 is 0 Å². The van der Waals surface area contributed by atoms with E-state index in [1.54, 1.807) is 25.7 Å². The fraction of sp³-hybridized carbons (Fsp3) is 0.538. The third kappa shape index (κ3) is 2.35. The molecule has 1 aromatic heterocycles. The second-order valence-corrected chi connectivity index (χ2v) is 5.61. The second kappa shape index (κ2) is 5.01. The van der Waals surface area contributed by atoms with Crippen molar-refractivity contribution in [2.75, 3.05) is 11.4 Å². The summed E-state index contributed by atoms with van der Waals surface area (Å²) in [5.74, 6) is 0.433. The highest BCUT2D eigenvalue weighted by molar-refractivity contribution is 6.30. The van der Waals surface area contributed by atoms with Crippen LogP contribution in [0.15, 0.2) is 0 Å². The average molecular weight is 297 g/mol. The summed E-state index contributed by atoms with van der Waals surface area (Å²) in [6.45, 7) is 7.26. The van der Waals surface area contributed by atoms with Gasteiger partial charge in [0.2, 0.25) is 5.91 Å². The Hall–Kier alpha value is -1.69. The fourth-order valence-electron chi connectivity index (χ4n) is 2.06. The van der Waals surface area contributed by atoms with E-state index in [2.05, 4.69) is 15.3 Å². The Balaban J connectivity index is 2.56. The van der Waals surface area contributed by atoms with E-state index in [1.165, 1.54) is 0 Å². The zero-order valence-electron chi connectivity index (χ0n) is 12.0. The maximum Gasteiger partial charge on any atom is 0.251 e. The number of hydrogen-bond acceptors (Lipinski definition) is 5. The summed E-state index contributed by atoms with van der Waals surface area (Å²) in [5, 5.41) is 2.68. The van der Waals surface area contributed by atoms with E-state index in [9.17, 15) is 9.59 Å². The smallest absolute Gasteiger partial charge is 0.251 e. The molecule has 0 saturated carbocycles. The molecular weight excluding hydrogens is 280 g/mol. The summed E-state index contributed by atoms with van der Waals surface area (Å²) in [5.41, 5.74) is -0.207. The number of aromatic nitrogens is 2. The lowest BCUT2D eigenvalue weighted by molar-refractivity contribution is -0.135. The van der Waals surface area contributed by atoms with E-state index in [0.717, 1.165) is 0 Å². The van der Waals surface area contributed by atoms with Crippen molar-refractivity contribution in [3.8, 4) is 0 Å². The van der Waals surface area contributed by atoms with E-state index < -0.39 is 5.54 Å². The molecule has 1 saturated heterocycles. The summed E-state index contributed by atoms with van der Waals surface area (Å²) < 4.78 is 0. The molecule has 20 heavy (non-hydrogen) atoms. The topological polar surface area (TPSA) is 75.2 Å². The van der Waals surface area contributed by atoms with Crippen molar-refractivity contribution in [1.29, 1.82) is 0 Å². The summed E-state index contributed by atoms with van der Waals surface area (Å²) in [7, 11) is 0. The number of anilines is 1. The van der Waals surface area contributed by atoms with Crippen molar-refractivity contribution < 1.29 is 9.59 Å². The highest BCUT2D eigenvalue weighted by atomic mass is 35.5. The predicted octanol–water partition coefficient (Wildman–Crippen LogP) is 1.24. The van der Waals surface area contributed by atoms with Crippen molar-refractivity contribution in [2.24, 2.45) is 0 Å². The lowest BCUT2D eigenvalue weighted by Gasteiger charge is -2.41. The van der Waals surface area contributed by atoms with Gasteiger partial charge in [0, 0.05) is 12.0 Å². The van der Waals surface area contributed by atoms with E-state index in [0.29, 0.717) is 28.8 Å². The molecular formula is C13H17ClN4O2. The average Bonchev–Trinajstić information content (AvgIpc) is 2.37. The molecule has 2 amide bonds. The summed E-state index contributed by atoms with van der Waals surface area (Å²) >= 11 is 6.12. The molecule has 0 radical (unpaired) electrons. The molecule has 6 nitrogen and oxygen atoms in total. The number of piperazine rings is 1. The largest absolute Gasteiger partial charge is 0.333 e. The molecule has 0 aromatic carbocycles. The minimum atomic E-state index is -0.874. The highest BCUT2D eigenvalue weighted by Crippen LogP contribution is 2.30. The number of amides is 2. The first kappa shape index (κ1) is 14.7. The van der Waals surface area contributed by atoms with Gasteiger partial charge in [0.15, 0.2) is 0 Å². The first-order valence-electron chi connectivity index (χ1n) is 6.42. The van der Waals surface area contributed by atoms with Crippen LogP contribution in [0.1, 0.15) is 32.2 Å². The SMILES string of the molecule is CCc1nc(Cl)c(C)c(N2CC(=O)NC(=O)C2(C)C)n1. The minimum absolute atomic E-state index is 0.0656. The maximum atomic E-state index is 12.0. The standard InChI is InChI=1S/C13H17ClN4O2/c1-5-8-15-10(14)7(2)11(16-8)18-6-9(19)17-12(20)13(18,3)4/h5-6H2,1-4H3,(H,17,19,20). The number of rotatable bonds is 2. The summed E-state index contributed by atoms with van der Waals surface area (Å²) in [4.78, 5) is 33.9. The molecule has 0 aliphatic carbocycles. The molecule has 0 bridgehead atoms. The van der Waals surface area contributed by atoms with Crippen LogP contribution >= 0.6 is 11.6 Å². The van der Waals surface area contributed by atoms with Gasteiger partial charge in [0.05, 0.1) is 6.54 Å². The second-order valence-electron chi connectivity index (χ2n) is 5.26. The first-order valence-corrected chi connectivity index (χ1v) is 6.80. The van der Waals surface area contributed by atoms with E-state index in [-0.39, 0.29) is 18.4 Å². The zero-order chi connectivity index (χ0) is 15.1. The van der Waals surface area contributed by atoms with Gasteiger partial charge in [-0.2, -0.15) is 0 Å². The molecule has 0 unspecified atom stereocenters. The van der Waals surface area contributed by atoms with Crippen LogP contribution in [0, 0.1) is 6.92 Å². The van der Waals surface area contributed by atoms with Crippen LogP contribution in [-0.2, 0) is 16.0 Å². The van der Waals surface area contributed by atoms with Gasteiger partial charge in [-0.3, -0.25) is 14.9 Å². The Kier molecular flexibility index (Phi) is 3.69. The lowest BCUT2D eigenvalue weighted by atomic mass is 9.98. The van der Waals surface area contributed by atoms with E-state index in [4.69, 9.17) is 11.6 Å². The van der Waals surface area contributed by atoms with Crippen LogP contribution in [0.4, 0.5) is 5.82 Å². The number of halogens is 1. The van der Waals surface area contributed by atoms with E-state index in [1.807, 2.05) is 6.92 Å². The number of aryl methyl sites for hydroxylation is 1. The van der Waals surface area contributed by atoms with Crippen LogP contribution in [0.2, 0.25) is 5.15 Å². The molecule has 1 N–H and O–H groups in total. The van der Waals surface area contributed by atoms with Crippen LogP contribution in [-0.4, -0.2) is 33.9 Å². The Morgan fingerprint density at radius 2 is 2.00 bits per heavy atom. The Labute approximate surface area is 122 Å². The van der Waals surface area contributed by atoms with Crippen molar-refractivity contribution >= 4 is 29.2 Å². The third-order valence-electron chi connectivity index (χ3n) is 3.46. The Morgan fingerprint density at radius 1 is 1.35 bits per heavy atom. The van der Waals surface area contributed by atoms with Gasteiger partial charge in [0.25, 0.3) is 5.91 Å². The summed E-state index contributed by atoms with van der Waals surface area (Å²) in [6.07, 6.45) is 0.626. The molecule has 1 fully saturated rings. The zero-order valence-corrected chi connectivity index (χ0v) is 12.7. The number of nitrogens with one attached hydrogen (secondary N) is 1. The van der Waals surface area contributed by atoms with Gasteiger partial charge in [-0.15, -0.1) is 0 Å². The van der Waals surface area contributed by atoms with Crippen LogP contribution in [0.25, 0.3) is 0 Å². The quantitative estimate of drug-likeness (QED) is 0.656. The number of imide groups is 1. The Bertz CT molecular complexity index is 586. The molecule has 0 spiro atoms. The molecule has 1 aromatic rings. The molecule has 7 heteroatoms. The Morgan fingerprint density at radius 3 is 2.60 bits per heavy atom.